The van der Waals surface area contributed by atoms with Crippen LogP contribution in [0.3, 0.4) is 0 Å². The molecule has 0 aliphatic heterocycles. The predicted molar refractivity (Wildman–Crippen MR) is 58.2 cm³/mol. The van der Waals surface area contributed by atoms with Crippen LogP contribution in [0.1, 0.15) is 53.4 Å². The Kier molecular flexibility index (Phi) is 5.81. The van der Waals surface area contributed by atoms with Crippen molar-refractivity contribution in [2.45, 2.75) is 58.1 Å². The van der Waals surface area contributed by atoms with E-state index >= 15 is 0 Å². The van der Waals surface area contributed by atoms with Crippen LogP contribution in [0.4, 0.5) is 0 Å². The largest absolute Gasteiger partial charge is 0.306 e. The second-order valence-corrected chi connectivity index (χ2v) is 5.82. The van der Waals surface area contributed by atoms with Gasteiger partial charge in [0.1, 0.15) is 0 Å². The molecule has 0 aliphatic carbocycles. The highest BCUT2D eigenvalue weighted by Gasteiger charge is 2.28. The van der Waals surface area contributed by atoms with E-state index in [4.69, 9.17) is 4.55 Å². The molecule has 0 rings (SSSR count). The monoisotopic (exact) mass is 206 g/mol. The standard InChI is InChI=1S/C10H22O2S/c1-5-10(4,13(11)12)8-6-7-9(2)3/h9H,5-8H2,1-4H3,(H,11,12). The van der Waals surface area contributed by atoms with Crippen LogP contribution in [0, 0.1) is 5.92 Å². The van der Waals surface area contributed by atoms with Gasteiger partial charge in [0, 0.05) is 0 Å². The van der Waals surface area contributed by atoms with Crippen LogP contribution in [0.15, 0.2) is 0 Å². The third-order valence-electron chi connectivity index (χ3n) is 2.66. The molecule has 0 aromatic heterocycles. The topological polar surface area (TPSA) is 37.3 Å². The minimum absolute atomic E-state index is 0.394. The van der Waals surface area contributed by atoms with E-state index in [0.717, 1.165) is 25.7 Å². The molecule has 0 fully saturated rings. The average molecular weight is 206 g/mol. The van der Waals surface area contributed by atoms with Gasteiger partial charge in [-0.25, -0.2) is 4.21 Å². The molecule has 0 amide bonds. The maximum atomic E-state index is 11.0. The molecule has 0 aromatic carbocycles. The second kappa shape index (κ2) is 5.76. The molecule has 0 bridgehead atoms. The second-order valence-electron chi connectivity index (χ2n) is 4.34. The fourth-order valence-corrected chi connectivity index (χ4v) is 1.84. The SMILES string of the molecule is CCC(C)(CCCC(C)C)S(=O)O. The van der Waals surface area contributed by atoms with Gasteiger partial charge in [-0.1, -0.05) is 33.6 Å². The van der Waals surface area contributed by atoms with E-state index in [2.05, 4.69) is 13.8 Å². The number of hydrogen-bond acceptors (Lipinski definition) is 1. The van der Waals surface area contributed by atoms with Crippen molar-refractivity contribution in [3.05, 3.63) is 0 Å². The zero-order chi connectivity index (χ0) is 10.5. The molecule has 2 unspecified atom stereocenters. The van der Waals surface area contributed by atoms with Crippen molar-refractivity contribution in [1.82, 2.24) is 0 Å². The minimum atomic E-state index is -1.68. The van der Waals surface area contributed by atoms with E-state index in [0.29, 0.717) is 5.92 Å². The van der Waals surface area contributed by atoms with Gasteiger partial charge in [-0.2, -0.15) is 0 Å². The molecule has 0 saturated heterocycles. The lowest BCUT2D eigenvalue weighted by Gasteiger charge is -2.23. The van der Waals surface area contributed by atoms with E-state index in [1.807, 2.05) is 13.8 Å². The molecule has 2 nitrogen and oxygen atoms in total. The first-order chi connectivity index (χ1) is 5.92. The molecular formula is C10H22O2S. The van der Waals surface area contributed by atoms with Crippen LogP contribution in [0.2, 0.25) is 0 Å². The van der Waals surface area contributed by atoms with Crippen LogP contribution in [-0.2, 0) is 11.1 Å². The van der Waals surface area contributed by atoms with Crippen LogP contribution < -0.4 is 0 Å². The predicted octanol–water partition coefficient (Wildman–Crippen LogP) is 3.20. The van der Waals surface area contributed by atoms with Crippen molar-refractivity contribution in [1.29, 1.82) is 0 Å². The highest BCUT2D eigenvalue weighted by molar-refractivity contribution is 7.80. The summed E-state index contributed by atoms with van der Waals surface area (Å²) in [7, 11) is 0. The van der Waals surface area contributed by atoms with E-state index in [1.165, 1.54) is 0 Å². The molecule has 1 N–H and O–H groups in total. The van der Waals surface area contributed by atoms with E-state index in [9.17, 15) is 4.21 Å². The molecule has 0 spiro atoms. The van der Waals surface area contributed by atoms with Gasteiger partial charge in [-0.05, 0) is 25.7 Å². The molecule has 3 heteroatoms. The van der Waals surface area contributed by atoms with Gasteiger partial charge in [-0.3, -0.25) is 0 Å². The van der Waals surface area contributed by atoms with Gasteiger partial charge in [0.25, 0.3) is 0 Å². The van der Waals surface area contributed by atoms with E-state index in [1.54, 1.807) is 0 Å². The Labute approximate surface area is 84.4 Å². The van der Waals surface area contributed by atoms with Gasteiger partial charge in [0.15, 0.2) is 11.1 Å². The van der Waals surface area contributed by atoms with Crippen LogP contribution in [-0.4, -0.2) is 13.5 Å². The molecule has 2 atom stereocenters. The highest BCUT2D eigenvalue weighted by atomic mass is 32.2. The van der Waals surface area contributed by atoms with Gasteiger partial charge in [0.2, 0.25) is 0 Å². The average Bonchev–Trinajstić information content (AvgIpc) is 2.03. The molecule has 0 radical (unpaired) electrons. The maximum Gasteiger partial charge on any atom is 0.158 e. The van der Waals surface area contributed by atoms with E-state index in [-0.39, 0.29) is 0 Å². The zero-order valence-corrected chi connectivity index (χ0v) is 9.99. The molecule has 0 saturated carbocycles. The summed E-state index contributed by atoms with van der Waals surface area (Å²) in [5.41, 5.74) is 0. The summed E-state index contributed by atoms with van der Waals surface area (Å²) in [6.07, 6.45) is 3.82. The Morgan fingerprint density at radius 3 is 2.31 bits per heavy atom. The molecule has 80 valence electrons. The van der Waals surface area contributed by atoms with Crippen LogP contribution in [0.5, 0.6) is 0 Å². The lowest BCUT2D eigenvalue weighted by molar-refractivity contribution is 0.437. The molecular weight excluding hydrogens is 184 g/mol. The molecule has 0 aliphatic rings. The maximum absolute atomic E-state index is 11.0. The van der Waals surface area contributed by atoms with Gasteiger partial charge >= 0.3 is 0 Å². The molecule has 0 heterocycles. The minimum Gasteiger partial charge on any atom is -0.306 e. The van der Waals surface area contributed by atoms with Crippen LogP contribution in [0.25, 0.3) is 0 Å². The van der Waals surface area contributed by atoms with Crippen LogP contribution >= 0.6 is 0 Å². The first kappa shape index (κ1) is 13.1. The number of rotatable bonds is 6. The van der Waals surface area contributed by atoms with Crippen molar-refractivity contribution in [3.8, 4) is 0 Å². The lowest BCUT2D eigenvalue weighted by atomic mass is 9.97. The Balaban J connectivity index is 3.92. The van der Waals surface area contributed by atoms with Crippen molar-refractivity contribution in [2.75, 3.05) is 0 Å². The first-order valence-electron chi connectivity index (χ1n) is 5.03. The van der Waals surface area contributed by atoms with Crippen molar-refractivity contribution < 1.29 is 8.76 Å². The molecule has 13 heavy (non-hydrogen) atoms. The Morgan fingerprint density at radius 1 is 1.46 bits per heavy atom. The van der Waals surface area contributed by atoms with Crippen molar-refractivity contribution in [3.63, 3.8) is 0 Å². The summed E-state index contributed by atoms with van der Waals surface area (Å²) in [5, 5.41) is 0. The Hall–Kier alpha value is 0.110. The third kappa shape index (κ3) is 4.77. The Morgan fingerprint density at radius 2 is 2.00 bits per heavy atom. The first-order valence-corrected chi connectivity index (χ1v) is 6.14. The van der Waals surface area contributed by atoms with Crippen molar-refractivity contribution >= 4 is 11.1 Å². The van der Waals surface area contributed by atoms with Gasteiger partial charge in [0.05, 0.1) is 4.75 Å². The van der Waals surface area contributed by atoms with Crippen molar-refractivity contribution in [2.24, 2.45) is 5.92 Å². The van der Waals surface area contributed by atoms with E-state index < -0.39 is 15.8 Å². The quantitative estimate of drug-likeness (QED) is 0.678. The zero-order valence-electron chi connectivity index (χ0n) is 9.17. The Bertz CT molecular complexity index is 168. The summed E-state index contributed by atoms with van der Waals surface area (Å²) in [5.74, 6) is 0.688. The molecule has 0 aromatic rings. The fourth-order valence-electron chi connectivity index (χ4n) is 1.27. The summed E-state index contributed by atoms with van der Waals surface area (Å²) in [6.45, 7) is 8.23. The summed E-state index contributed by atoms with van der Waals surface area (Å²) in [6, 6.07) is 0. The normalized spacial score (nSPS) is 18.6. The highest BCUT2D eigenvalue weighted by Crippen LogP contribution is 2.25. The number of hydrogen-bond donors (Lipinski definition) is 1. The van der Waals surface area contributed by atoms with Gasteiger partial charge in [-0.15, -0.1) is 0 Å². The summed E-state index contributed by atoms with van der Waals surface area (Å²) < 4.78 is 19.8. The fraction of sp³-hybridized carbons (Fsp3) is 1.00. The third-order valence-corrected chi connectivity index (χ3v) is 3.99. The summed E-state index contributed by atoms with van der Waals surface area (Å²) in [4.78, 5) is 0. The summed E-state index contributed by atoms with van der Waals surface area (Å²) >= 11 is -1.68. The lowest BCUT2D eigenvalue weighted by Crippen LogP contribution is -2.29. The van der Waals surface area contributed by atoms with Gasteiger partial charge < -0.3 is 4.55 Å². The smallest absolute Gasteiger partial charge is 0.158 e.